The quantitative estimate of drug-likeness (QED) is 0.595. The van der Waals surface area contributed by atoms with Gasteiger partial charge in [0.05, 0.1) is 18.3 Å². The number of benzene rings is 1. The van der Waals surface area contributed by atoms with Gasteiger partial charge in [0.2, 0.25) is 0 Å². The monoisotopic (exact) mass is 333 g/mol. The van der Waals surface area contributed by atoms with Crippen LogP contribution in [0.5, 0.6) is 0 Å². The molecule has 124 valence electrons. The van der Waals surface area contributed by atoms with Gasteiger partial charge in [0.1, 0.15) is 0 Å². The highest BCUT2D eigenvalue weighted by Gasteiger charge is 2.18. The van der Waals surface area contributed by atoms with Crippen molar-refractivity contribution in [2.75, 3.05) is 7.11 Å². The highest BCUT2D eigenvalue weighted by atomic mass is 16.5. The molecule has 0 bridgehead atoms. The molecule has 0 aliphatic carbocycles. The average molecular weight is 333 g/mol. The maximum atomic E-state index is 11.6. The third kappa shape index (κ3) is 2.53. The Labute approximate surface area is 143 Å². The van der Waals surface area contributed by atoms with Crippen LogP contribution in [0, 0.1) is 0 Å². The number of nitrogens with zero attached hydrogens (tertiary/aromatic N) is 2. The van der Waals surface area contributed by atoms with Crippen molar-refractivity contribution < 1.29 is 14.6 Å². The lowest BCUT2D eigenvalue weighted by molar-refractivity contribution is 0.0685. The van der Waals surface area contributed by atoms with Crippen molar-refractivity contribution in [1.29, 1.82) is 0 Å². The number of carbonyl (C=O) groups is 1. The van der Waals surface area contributed by atoms with Crippen LogP contribution in [-0.2, 0) is 11.3 Å². The molecule has 1 aromatic carbocycles. The Kier molecular flexibility index (Phi) is 3.66. The minimum atomic E-state index is -1.06. The Balaban J connectivity index is 2.04. The van der Waals surface area contributed by atoms with Crippen LogP contribution in [0.3, 0.4) is 0 Å². The molecule has 2 N–H and O–H groups in total. The summed E-state index contributed by atoms with van der Waals surface area (Å²) in [7, 11) is 1.54. The highest BCUT2D eigenvalue weighted by Crippen LogP contribution is 2.33. The Hall–Kier alpha value is -3.25. The standard InChI is InChI=1S/C19H15N3O3/c1-25-10-14-17-13-7-11(12-3-2-6-20-8-12)4-5-15(13)22-16(17)9-21-18(14)19(23)24/h2-9,22H,10H2,1H3,(H,23,24). The predicted molar refractivity (Wildman–Crippen MR) is 94.5 cm³/mol. The Morgan fingerprint density at radius 1 is 1.20 bits per heavy atom. The first-order chi connectivity index (χ1) is 12.2. The molecule has 0 saturated heterocycles. The molecule has 0 spiro atoms. The molecule has 0 aliphatic rings. The molecule has 6 nitrogen and oxygen atoms in total. The highest BCUT2D eigenvalue weighted by molar-refractivity contribution is 6.11. The molecule has 0 radical (unpaired) electrons. The number of methoxy groups -OCH3 is 1. The number of pyridine rings is 2. The van der Waals surface area contributed by atoms with Crippen LogP contribution < -0.4 is 0 Å². The molecule has 0 aliphatic heterocycles. The molecule has 25 heavy (non-hydrogen) atoms. The van der Waals surface area contributed by atoms with E-state index in [1.807, 2.05) is 30.3 Å². The van der Waals surface area contributed by atoms with E-state index in [-0.39, 0.29) is 12.3 Å². The number of aromatic nitrogens is 3. The van der Waals surface area contributed by atoms with Crippen LogP contribution in [0.1, 0.15) is 16.1 Å². The first kappa shape index (κ1) is 15.3. The van der Waals surface area contributed by atoms with Crippen molar-refractivity contribution in [2.45, 2.75) is 6.61 Å². The molecular weight excluding hydrogens is 318 g/mol. The van der Waals surface area contributed by atoms with Crippen molar-refractivity contribution in [2.24, 2.45) is 0 Å². The maximum Gasteiger partial charge on any atom is 0.354 e. The summed E-state index contributed by atoms with van der Waals surface area (Å²) in [5.74, 6) is -1.06. The van der Waals surface area contributed by atoms with E-state index in [1.165, 1.54) is 0 Å². The summed E-state index contributed by atoms with van der Waals surface area (Å²) >= 11 is 0. The number of carboxylic acid groups (broad SMARTS) is 1. The summed E-state index contributed by atoms with van der Waals surface area (Å²) in [5, 5.41) is 11.2. The van der Waals surface area contributed by atoms with Gasteiger partial charge in [-0.1, -0.05) is 12.1 Å². The number of H-pyrrole nitrogens is 1. The molecule has 4 aromatic rings. The van der Waals surface area contributed by atoms with Crippen LogP contribution in [-0.4, -0.2) is 33.1 Å². The number of aromatic amines is 1. The summed E-state index contributed by atoms with van der Waals surface area (Å²) in [6.45, 7) is 0.177. The molecule has 0 atom stereocenters. The SMILES string of the molecule is COCc1c(C(=O)O)ncc2[nH]c3ccc(-c4cccnc4)cc3c12. The zero-order chi connectivity index (χ0) is 17.4. The number of fused-ring (bicyclic) bond motifs is 3. The second kappa shape index (κ2) is 5.99. The number of hydrogen-bond donors (Lipinski definition) is 2. The normalized spacial score (nSPS) is 11.2. The largest absolute Gasteiger partial charge is 0.477 e. The van der Waals surface area contributed by atoms with E-state index >= 15 is 0 Å². The van der Waals surface area contributed by atoms with Crippen molar-refractivity contribution in [1.82, 2.24) is 15.0 Å². The number of aromatic carboxylic acids is 1. The third-order valence-corrected chi connectivity index (χ3v) is 4.22. The molecule has 4 rings (SSSR count). The van der Waals surface area contributed by atoms with Gasteiger partial charge in [0, 0.05) is 46.9 Å². The van der Waals surface area contributed by atoms with Crippen molar-refractivity contribution in [3.63, 3.8) is 0 Å². The molecule has 0 fully saturated rings. The summed E-state index contributed by atoms with van der Waals surface area (Å²) < 4.78 is 5.23. The van der Waals surface area contributed by atoms with Crippen molar-refractivity contribution >= 4 is 27.8 Å². The zero-order valence-corrected chi connectivity index (χ0v) is 13.5. The fourth-order valence-corrected chi connectivity index (χ4v) is 3.14. The summed E-state index contributed by atoms with van der Waals surface area (Å²) in [5.41, 5.74) is 4.31. The average Bonchev–Trinajstić information content (AvgIpc) is 3.00. The maximum absolute atomic E-state index is 11.6. The molecule has 0 amide bonds. The van der Waals surface area contributed by atoms with Gasteiger partial charge < -0.3 is 14.8 Å². The van der Waals surface area contributed by atoms with Gasteiger partial charge >= 0.3 is 5.97 Å². The van der Waals surface area contributed by atoms with Gasteiger partial charge in [0.15, 0.2) is 5.69 Å². The molecular formula is C19H15N3O3. The molecule has 0 saturated carbocycles. The van der Waals surface area contributed by atoms with E-state index in [0.717, 1.165) is 32.9 Å². The van der Waals surface area contributed by atoms with Crippen molar-refractivity contribution in [3.05, 3.63) is 60.2 Å². The van der Waals surface area contributed by atoms with Gasteiger partial charge in [-0.25, -0.2) is 9.78 Å². The van der Waals surface area contributed by atoms with Crippen LogP contribution >= 0.6 is 0 Å². The Morgan fingerprint density at radius 2 is 2.08 bits per heavy atom. The lowest BCUT2D eigenvalue weighted by Crippen LogP contribution is -2.07. The number of nitrogens with one attached hydrogen (secondary N) is 1. The van der Waals surface area contributed by atoms with E-state index in [1.54, 1.807) is 25.7 Å². The molecule has 3 heterocycles. The topological polar surface area (TPSA) is 88.1 Å². The minimum Gasteiger partial charge on any atom is -0.477 e. The van der Waals surface area contributed by atoms with Crippen LogP contribution in [0.4, 0.5) is 0 Å². The number of hydrogen-bond acceptors (Lipinski definition) is 4. The fourth-order valence-electron chi connectivity index (χ4n) is 3.14. The van der Waals surface area contributed by atoms with Gasteiger partial charge in [-0.05, 0) is 23.8 Å². The first-order valence-electron chi connectivity index (χ1n) is 7.75. The first-order valence-corrected chi connectivity index (χ1v) is 7.75. The number of ether oxygens (including phenoxy) is 1. The van der Waals surface area contributed by atoms with Gasteiger partial charge in [-0.3, -0.25) is 4.98 Å². The van der Waals surface area contributed by atoms with E-state index in [9.17, 15) is 9.90 Å². The Bertz CT molecular complexity index is 1090. The van der Waals surface area contributed by atoms with Crippen LogP contribution in [0.2, 0.25) is 0 Å². The molecule has 0 unspecified atom stereocenters. The minimum absolute atomic E-state index is 0.0158. The third-order valence-electron chi connectivity index (χ3n) is 4.22. The summed E-state index contributed by atoms with van der Waals surface area (Å²) in [4.78, 5) is 23.1. The van der Waals surface area contributed by atoms with E-state index in [4.69, 9.17) is 4.74 Å². The summed E-state index contributed by atoms with van der Waals surface area (Å²) in [6.07, 6.45) is 5.09. The Morgan fingerprint density at radius 3 is 2.80 bits per heavy atom. The van der Waals surface area contributed by atoms with Crippen LogP contribution in [0.15, 0.2) is 48.9 Å². The van der Waals surface area contributed by atoms with Gasteiger partial charge in [-0.2, -0.15) is 0 Å². The second-order valence-corrected chi connectivity index (χ2v) is 5.74. The summed E-state index contributed by atoms with van der Waals surface area (Å²) in [6, 6.07) is 9.90. The van der Waals surface area contributed by atoms with Crippen LogP contribution in [0.25, 0.3) is 32.9 Å². The van der Waals surface area contributed by atoms with E-state index in [2.05, 4.69) is 15.0 Å². The zero-order valence-electron chi connectivity index (χ0n) is 13.5. The van der Waals surface area contributed by atoms with Gasteiger partial charge in [0.25, 0.3) is 0 Å². The number of rotatable bonds is 4. The smallest absolute Gasteiger partial charge is 0.354 e. The fraction of sp³-hybridized carbons (Fsp3) is 0.105. The molecule has 6 heteroatoms. The van der Waals surface area contributed by atoms with Crippen molar-refractivity contribution in [3.8, 4) is 11.1 Å². The van der Waals surface area contributed by atoms with Gasteiger partial charge in [-0.15, -0.1) is 0 Å². The predicted octanol–water partition coefficient (Wildman–Crippen LogP) is 3.62. The second-order valence-electron chi connectivity index (χ2n) is 5.74. The lowest BCUT2D eigenvalue weighted by atomic mass is 10.0. The van der Waals surface area contributed by atoms with E-state index < -0.39 is 5.97 Å². The lowest BCUT2D eigenvalue weighted by Gasteiger charge is -2.07. The molecule has 3 aromatic heterocycles. The number of carboxylic acids is 1. The van der Waals surface area contributed by atoms with E-state index in [0.29, 0.717) is 5.56 Å².